The molecule has 0 amide bonds. The van der Waals surface area contributed by atoms with Crippen molar-refractivity contribution < 1.29 is 19.1 Å². The molecule has 1 atom stereocenters. The van der Waals surface area contributed by atoms with Crippen LogP contribution in [-0.4, -0.2) is 54.3 Å². The van der Waals surface area contributed by atoms with Crippen LogP contribution in [-0.2, 0) is 16.1 Å². The number of hydrogen-bond donors (Lipinski definition) is 1. The Labute approximate surface area is 108 Å². The maximum atomic E-state index is 10.8. The van der Waals surface area contributed by atoms with E-state index >= 15 is 0 Å². The number of rotatable bonds is 7. The molecular formula is C13H21N2O3+. The van der Waals surface area contributed by atoms with E-state index in [2.05, 4.69) is 4.98 Å². The van der Waals surface area contributed by atoms with Gasteiger partial charge in [-0.2, -0.15) is 0 Å². The van der Waals surface area contributed by atoms with Gasteiger partial charge in [0, 0.05) is 12.4 Å². The van der Waals surface area contributed by atoms with E-state index in [-0.39, 0.29) is 12.5 Å². The fraction of sp³-hybridized carbons (Fsp3) is 0.538. The van der Waals surface area contributed by atoms with Crippen LogP contribution in [0.3, 0.4) is 0 Å². The van der Waals surface area contributed by atoms with Crippen molar-refractivity contribution >= 4 is 5.97 Å². The van der Waals surface area contributed by atoms with Gasteiger partial charge in [0.25, 0.3) is 0 Å². The number of nitrogens with zero attached hydrogens (tertiary/aromatic N) is 2. The number of hydrogen-bond acceptors (Lipinski definition) is 3. The highest BCUT2D eigenvalue weighted by Gasteiger charge is 2.21. The van der Waals surface area contributed by atoms with Crippen molar-refractivity contribution in [3.63, 3.8) is 0 Å². The number of aromatic nitrogens is 1. The molecule has 1 N–H and O–H groups in total. The van der Waals surface area contributed by atoms with Crippen LogP contribution in [0.25, 0.3) is 0 Å². The number of aliphatic carboxylic acids is 1. The van der Waals surface area contributed by atoms with Gasteiger partial charge >= 0.3 is 5.97 Å². The molecule has 100 valence electrons. The van der Waals surface area contributed by atoms with Crippen LogP contribution in [0.1, 0.15) is 12.0 Å². The summed E-state index contributed by atoms with van der Waals surface area (Å²) in [7, 11) is 6.05. The Morgan fingerprint density at radius 3 is 2.72 bits per heavy atom. The fourth-order valence-electron chi connectivity index (χ4n) is 1.68. The van der Waals surface area contributed by atoms with E-state index in [4.69, 9.17) is 9.84 Å². The molecule has 1 aromatic heterocycles. The fourth-order valence-corrected chi connectivity index (χ4v) is 1.68. The predicted octanol–water partition coefficient (Wildman–Crippen LogP) is 1.15. The van der Waals surface area contributed by atoms with Crippen LogP contribution < -0.4 is 0 Å². The summed E-state index contributed by atoms with van der Waals surface area (Å²) in [5.74, 6) is -0.834. The van der Waals surface area contributed by atoms with E-state index in [9.17, 15) is 4.79 Å². The molecule has 0 aliphatic rings. The first-order valence-corrected chi connectivity index (χ1v) is 5.89. The first kappa shape index (κ1) is 14.6. The number of carboxylic acid groups (broad SMARTS) is 1. The maximum absolute atomic E-state index is 10.8. The number of pyridine rings is 1. The molecule has 0 spiro atoms. The molecule has 1 rings (SSSR count). The van der Waals surface area contributed by atoms with E-state index in [1.54, 1.807) is 12.4 Å². The van der Waals surface area contributed by atoms with Gasteiger partial charge < -0.3 is 14.3 Å². The van der Waals surface area contributed by atoms with E-state index in [0.29, 0.717) is 17.6 Å². The van der Waals surface area contributed by atoms with Crippen molar-refractivity contribution in [2.75, 3.05) is 27.7 Å². The molecule has 0 radical (unpaired) electrons. The lowest BCUT2D eigenvalue weighted by atomic mass is 10.2. The summed E-state index contributed by atoms with van der Waals surface area (Å²) >= 11 is 0. The number of carboxylic acids is 1. The lowest BCUT2D eigenvalue weighted by Gasteiger charge is -2.28. The first-order chi connectivity index (χ1) is 8.37. The van der Waals surface area contributed by atoms with Gasteiger partial charge in [-0.25, -0.2) is 0 Å². The monoisotopic (exact) mass is 253 g/mol. The van der Waals surface area contributed by atoms with Crippen molar-refractivity contribution in [2.45, 2.75) is 19.1 Å². The molecule has 18 heavy (non-hydrogen) atoms. The number of quaternary nitrogens is 1. The van der Waals surface area contributed by atoms with E-state index in [1.165, 1.54) is 0 Å². The van der Waals surface area contributed by atoms with Crippen molar-refractivity contribution in [3.8, 4) is 0 Å². The molecule has 0 aliphatic carbocycles. The normalized spacial score (nSPS) is 13.3. The summed E-state index contributed by atoms with van der Waals surface area (Å²) in [5.41, 5.74) is 0.953. The Hall–Kier alpha value is -1.46. The summed E-state index contributed by atoms with van der Waals surface area (Å²) in [5, 5.41) is 8.88. The zero-order valence-electron chi connectivity index (χ0n) is 11.2. The second-order valence-corrected chi connectivity index (χ2v) is 5.37. The zero-order valence-corrected chi connectivity index (χ0v) is 11.2. The second-order valence-electron chi connectivity index (χ2n) is 5.37. The molecule has 0 aromatic carbocycles. The van der Waals surface area contributed by atoms with E-state index < -0.39 is 5.97 Å². The van der Waals surface area contributed by atoms with Crippen LogP contribution in [0.5, 0.6) is 0 Å². The topological polar surface area (TPSA) is 59.4 Å². The van der Waals surface area contributed by atoms with Crippen molar-refractivity contribution in [1.82, 2.24) is 4.98 Å². The smallest absolute Gasteiger partial charge is 0.306 e. The van der Waals surface area contributed by atoms with Gasteiger partial charge in [-0.15, -0.1) is 0 Å². The molecule has 0 bridgehead atoms. The standard InChI is InChI=1S/C13H20N2O3/c1-15(2,3)9-12(7-13(16)17)18-10-11-5-4-6-14-8-11/h4-6,8,12H,7,9-10H2,1-3H3/p+1. The minimum atomic E-state index is -0.834. The summed E-state index contributed by atoms with van der Waals surface area (Å²) in [6.07, 6.45) is 3.16. The zero-order chi connectivity index (χ0) is 13.6. The third-order valence-corrected chi connectivity index (χ3v) is 2.36. The number of likely N-dealkylation sites (N-methyl/N-ethyl adjacent to an activating group) is 1. The Morgan fingerprint density at radius 2 is 2.22 bits per heavy atom. The minimum Gasteiger partial charge on any atom is -0.481 e. The predicted molar refractivity (Wildman–Crippen MR) is 68.0 cm³/mol. The summed E-state index contributed by atoms with van der Waals surface area (Å²) in [4.78, 5) is 14.8. The molecule has 0 saturated carbocycles. The van der Waals surface area contributed by atoms with Gasteiger partial charge in [0.05, 0.1) is 34.2 Å². The third-order valence-electron chi connectivity index (χ3n) is 2.36. The summed E-state index contributed by atoms with van der Waals surface area (Å²) < 4.78 is 6.35. The lowest BCUT2D eigenvalue weighted by Crippen LogP contribution is -2.43. The molecule has 5 heteroatoms. The van der Waals surface area contributed by atoms with Crippen molar-refractivity contribution in [2.24, 2.45) is 0 Å². The first-order valence-electron chi connectivity index (χ1n) is 5.89. The van der Waals surface area contributed by atoms with Gasteiger partial charge in [0.2, 0.25) is 0 Å². The Balaban J connectivity index is 2.53. The van der Waals surface area contributed by atoms with Crippen molar-refractivity contribution in [1.29, 1.82) is 0 Å². The summed E-state index contributed by atoms with van der Waals surface area (Å²) in [6, 6.07) is 3.75. The molecule has 0 aliphatic heterocycles. The Morgan fingerprint density at radius 1 is 1.50 bits per heavy atom. The average molecular weight is 253 g/mol. The maximum Gasteiger partial charge on any atom is 0.306 e. The largest absolute Gasteiger partial charge is 0.481 e. The SMILES string of the molecule is C[N+](C)(C)CC(CC(=O)O)OCc1cccnc1. The van der Waals surface area contributed by atoms with Crippen LogP contribution in [0.4, 0.5) is 0 Å². The third kappa shape index (κ3) is 6.32. The molecular weight excluding hydrogens is 232 g/mol. The van der Waals surface area contributed by atoms with Crippen LogP contribution in [0.2, 0.25) is 0 Å². The lowest BCUT2D eigenvalue weighted by molar-refractivity contribution is -0.873. The number of carbonyl (C=O) groups is 1. The highest BCUT2D eigenvalue weighted by atomic mass is 16.5. The van der Waals surface area contributed by atoms with Crippen LogP contribution in [0.15, 0.2) is 24.5 Å². The quantitative estimate of drug-likeness (QED) is 0.740. The Bertz CT molecular complexity index is 374. The van der Waals surface area contributed by atoms with E-state index in [0.717, 1.165) is 5.56 Å². The van der Waals surface area contributed by atoms with Gasteiger partial charge in [-0.3, -0.25) is 9.78 Å². The van der Waals surface area contributed by atoms with Crippen LogP contribution in [0, 0.1) is 0 Å². The van der Waals surface area contributed by atoms with Crippen LogP contribution >= 0.6 is 0 Å². The molecule has 0 saturated heterocycles. The average Bonchev–Trinajstić information content (AvgIpc) is 2.24. The molecule has 0 fully saturated rings. The van der Waals surface area contributed by atoms with E-state index in [1.807, 2.05) is 33.3 Å². The highest BCUT2D eigenvalue weighted by Crippen LogP contribution is 2.08. The molecule has 5 nitrogen and oxygen atoms in total. The number of ether oxygens (including phenoxy) is 1. The highest BCUT2D eigenvalue weighted by molar-refractivity contribution is 5.67. The Kier molecular flexibility index (Phi) is 5.25. The minimum absolute atomic E-state index is 0.0236. The van der Waals surface area contributed by atoms with Crippen molar-refractivity contribution in [3.05, 3.63) is 30.1 Å². The van der Waals surface area contributed by atoms with Gasteiger partial charge in [0.1, 0.15) is 12.6 Å². The molecule has 1 unspecified atom stereocenters. The molecule has 1 heterocycles. The van der Waals surface area contributed by atoms with Gasteiger partial charge in [0.15, 0.2) is 0 Å². The van der Waals surface area contributed by atoms with Gasteiger partial charge in [-0.1, -0.05) is 6.07 Å². The summed E-state index contributed by atoms with van der Waals surface area (Å²) in [6.45, 7) is 1.05. The second kappa shape index (κ2) is 6.47. The molecule has 1 aromatic rings. The van der Waals surface area contributed by atoms with Gasteiger partial charge in [-0.05, 0) is 11.6 Å².